The number of nitrogens with two attached hydrogens (primary N) is 1. The van der Waals surface area contributed by atoms with Gasteiger partial charge in [0.2, 0.25) is 5.95 Å². The Morgan fingerprint density at radius 3 is 2.53 bits per heavy atom. The van der Waals surface area contributed by atoms with Crippen molar-refractivity contribution in [1.29, 1.82) is 5.41 Å². The van der Waals surface area contributed by atoms with Crippen molar-refractivity contribution in [2.75, 3.05) is 56.2 Å². The SMILES string of the molecule is CCN1CCN(c2ccc(Nc3nc(C)c4cc(/C(N)=C/C=N)c(=O)n(C5CCOCC5)c4n3)cc2)CC1. The molecule has 2 saturated heterocycles. The molecule has 200 valence electrons. The van der Waals surface area contributed by atoms with E-state index in [0.717, 1.165) is 55.7 Å². The third-order valence-corrected chi connectivity index (χ3v) is 7.52. The van der Waals surface area contributed by atoms with E-state index >= 15 is 0 Å². The monoisotopic (exact) mass is 516 g/mol. The Balaban J connectivity index is 1.48. The van der Waals surface area contributed by atoms with Crippen LogP contribution in [0.1, 0.15) is 37.1 Å². The Labute approximate surface area is 222 Å². The number of pyridine rings is 1. The number of aryl methyl sites for hydroxylation is 1. The summed E-state index contributed by atoms with van der Waals surface area (Å²) in [5.74, 6) is 0.440. The van der Waals surface area contributed by atoms with E-state index in [4.69, 9.17) is 25.8 Å². The molecule has 10 nitrogen and oxygen atoms in total. The van der Waals surface area contributed by atoms with Gasteiger partial charge in [-0.05, 0) is 62.7 Å². The average molecular weight is 517 g/mol. The van der Waals surface area contributed by atoms with Crippen LogP contribution in [0.3, 0.4) is 0 Å². The molecule has 2 aromatic heterocycles. The van der Waals surface area contributed by atoms with Crippen molar-refractivity contribution in [2.45, 2.75) is 32.7 Å². The Morgan fingerprint density at radius 1 is 1.16 bits per heavy atom. The van der Waals surface area contributed by atoms with Crippen molar-refractivity contribution in [3.8, 4) is 0 Å². The molecule has 2 aliphatic rings. The standard InChI is InChI=1S/C28H36N8O2/c1-3-34-12-14-35(15-13-34)21-6-4-20(5-7-21)32-28-31-19(2)23-18-24(25(30)8-11-29)27(37)36(26(23)33-28)22-9-16-38-17-10-22/h4-8,11,18,22,29H,3,9-10,12-17,30H2,1-2H3,(H,31,32,33)/b25-8-,29-11?. The second-order valence-corrected chi connectivity index (χ2v) is 9.83. The summed E-state index contributed by atoms with van der Waals surface area (Å²) in [5.41, 5.74) is 9.98. The number of fused-ring (bicyclic) bond motifs is 1. The molecule has 0 bridgehead atoms. The van der Waals surface area contributed by atoms with Crippen molar-refractivity contribution in [3.05, 3.63) is 58.0 Å². The van der Waals surface area contributed by atoms with Crippen LogP contribution in [-0.4, -0.2) is 71.6 Å². The first kappa shape index (κ1) is 25.9. The maximum absolute atomic E-state index is 13.6. The molecule has 2 aliphatic heterocycles. The maximum Gasteiger partial charge on any atom is 0.261 e. The Hall–Kier alpha value is -3.76. The summed E-state index contributed by atoms with van der Waals surface area (Å²) in [6, 6.07) is 10.0. The number of hydrogen-bond donors (Lipinski definition) is 3. The maximum atomic E-state index is 13.6. The minimum absolute atomic E-state index is 0.0545. The number of allylic oxidation sites excluding steroid dienone is 1. The third-order valence-electron chi connectivity index (χ3n) is 7.52. The summed E-state index contributed by atoms with van der Waals surface area (Å²) < 4.78 is 7.29. The van der Waals surface area contributed by atoms with Gasteiger partial charge in [0, 0.05) is 74.1 Å². The molecule has 0 atom stereocenters. The van der Waals surface area contributed by atoms with E-state index in [-0.39, 0.29) is 17.3 Å². The van der Waals surface area contributed by atoms with Gasteiger partial charge in [-0.3, -0.25) is 9.36 Å². The summed E-state index contributed by atoms with van der Waals surface area (Å²) in [6.45, 7) is 10.6. The summed E-state index contributed by atoms with van der Waals surface area (Å²) in [4.78, 5) is 28.1. The molecule has 4 N–H and O–H groups in total. The van der Waals surface area contributed by atoms with Crippen LogP contribution >= 0.6 is 0 Å². The minimum atomic E-state index is -0.212. The van der Waals surface area contributed by atoms with E-state index < -0.39 is 0 Å². The number of nitrogens with one attached hydrogen (secondary N) is 2. The molecule has 38 heavy (non-hydrogen) atoms. The fourth-order valence-electron chi connectivity index (χ4n) is 5.28. The number of aromatic nitrogens is 3. The van der Waals surface area contributed by atoms with E-state index in [1.807, 2.05) is 19.1 Å². The van der Waals surface area contributed by atoms with Crippen LogP contribution < -0.4 is 21.5 Å². The first-order valence-corrected chi connectivity index (χ1v) is 13.3. The van der Waals surface area contributed by atoms with Crippen LogP contribution in [-0.2, 0) is 4.74 Å². The lowest BCUT2D eigenvalue weighted by Gasteiger charge is -2.35. The van der Waals surface area contributed by atoms with Crippen molar-refractivity contribution in [3.63, 3.8) is 0 Å². The molecular formula is C28H36N8O2. The fourth-order valence-corrected chi connectivity index (χ4v) is 5.28. The van der Waals surface area contributed by atoms with Gasteiger partial charge >= 0.3 is 0 Å². The summed E-state index contributed by atoms with van der Waals surface area (Å²) >= 11 is 0. The molecule has 3 aromatic rings. The zero-order valence-corrected chi connectivity index (χ0v) is 22.1. The highest BCUT2D eigenvalue weighted by Gasteiger charge is 2.23. The minimum Gasteiger partial charge on any atom is -0.398 e. The van der Waals surface area contributed by atoms with Crippen LogP contribution in [0.4, 0.5) is 17.3 Å². The number of rotatable bonds is 7. The second-order valence-electron chi connectivity index (χ2n) is 9.83. The van der Waals surface area contributed by atoms with Crippen LogP contribution in [0.2, 0.25) is 0 Å². The van der Waals surface area contributed by atoms with E-state index in [1.165, 1.54) is 11.8 Å². The summed E-state index contributed by atoms with van der Waals surface area (Å²) in [7, 11) is 0. The molecule has 1 aromatic carbocycles. The number of ether oxygens (including phenoxy) is 1. The van der Waals surface area contributed by atoms with Gasteiger partial charge in [0.15, 0.2) is 0 Å². The number of hydrogen-bond acceptors (Lipinski definition) is 9. The van der Waals surface area contributed by atoms with Crippen LogP contribution in [0.5, 0.6) is 0 Å². The van der Waals surface area contributed by atoms with Gasteiger partial charge < -0.3 is 31.0 Å². The first-order valence-electron chi connectivity index (χ1n) is 13.3. The molecule has 0 amide bonds. The van der Waals surface area contributed by atoms with Gasteiger partial charge in [-0.2, -0.15) is 4.98 Å². The van der Waals surface area contributed by atoms with Crippen molar-refractivity contribution >= 4 is 40.3 Å². The molecule has 0 aliphatic carbocycles. The van der Waals surface area contributed by atoms with Gasteiger partial charge in [0.1, 0.15) is 5.65 Å². The Morgan fingerprint density at radius 2 is 1.87 bits per heavy atom. The van der Waals surface area contributed by atoms with Gasteiger partial charge in [-0.25, -0.2) is 4.98 Å². The molecule has 4 heterocycles. The van der Waals surface area contributed by atoms with Gasteiger partial charge in [0.25, 0.3) is 5.56 Å². The normalized spacial score (nSPS) is 17.6. The van der Waals surface area contributed by atoms with E-state index in [2.05, 4.69) is 34.2 Å². The van der Waals surface area contributed by atoms with E-state index in [0.29, 0.717) is 43.2 Å². The molecule has 0 spiro atoms. The van der Waals surface area contributed by atoms with E-state index in [1.54, 1.807) is 10.6 Å². The molecule has 5 rings (SSSR count). The fraction of sp³-hybridized carbons (Fsp3) is 0.429. The topological polar surface area (TPSA) is 125 Å². The Kier molecular flexibility index (Phi) is 7.71. The van der Waals surface area contributed by atoms with Crippen molar-refractivity contribution in [2.24, 2.45) is 5.73 Å². The molecule has 2 fully saturated rings. The molecule has 0 radical (unpaired) electrons. The highest BCUT2D eigenvalue weighted by Crippen LogP contribution is 2.28. The lowest BCUT2D eigenvalue weighted by atomic mass is 10.1. The molecular weight excluding hydrogens is 480 g/mol. The quantitative estimate of drug-likeness (QED) is 0.409. The number of nitrogens with zero attached hydrogens (tertiary/aromatic N) is 5. The predicted molar refractivity (Wildman–Crippen MR) is 153 cm³/mol. The largest absolute Gasteiger partial charge is 0.398 e. The highest BCUT2D eigenvalue weighted by atomic mass is 16.5. The van der Waals surface area contributed by atoms with Gasteiger partial charge in [0.05, 0.1) is 11.3 Å². The Bertz CT molecular complexity index is 1380. The average Bonchev–Trinajstić information content (AvgIpc) is 2.94. The van der Waals surface area contributed by atoms with Crippen molar-refractivity contribution < 1.29 is 4.74 Å². The van der Waals surface area contributed by atoms with Crippen LogP contribution in [0, 0.1) is 12.3 Å². The zero-order chi connectivity index (χ0) is 26.6. The van der Waals surface area contributed by atoms with Crippen LogP contribution in [0.15, 0.2) is 41.2 Å². The second kappa shape index (κ2) is 11.3. The first-order chi connectivity index (χ1) is 18.5. The number of piperazine rings is 1. The number of likely N-dealkylation sites (N-methyl/N-ethyl adjacent to an activating group) is 1. The lowest BCUT2D eigenvalue weighted by molar-refractivity contribution is 0.0697. The van der Waals surface area contributed by atoms with Crippen LogP contribution in [0.25, 0.3) is 16.7 Å². The summed E-state index contributed by atoms with van der Waals surface area (Å²) in [5, 5.41) is 11.5. The molecule has 0 unspecified atom stereocenters. The lowest BCUT2D eigenvalue weighted by Crippen LogP contribution is -2.46. The number of benzene rings is 1. The predicted octanol–water partition coefficient (Wildman–Crippen LogP) is 3.29. The van der Waals surface area contributed by atoms with Crippen molar-refractivity contribution in [1.82, 2.24) is 19.4 Å². The zero-order valence-electron chi connectivity index (χ0n) is 22.1. The molecule has 0 saturated carbocycles. The molecule has 10 heteroatoms. The van der Waals surface area contributed by atoms with Gasteiger partial charge in [-0.1, -0.05) is 6.92 Å². The van der Waals surface area contributed by atoms with Gasteiger partial charge in [-0.15, -0.1) is 0 Å². The smallest absolute Gasteiger partial charge is 0.261 e. The summed E-state index contributed by atoms with van der Waals surface area (Å²) in [6.07, 6.45) is 3.94. The highest BCUT2D eigenvalue weighted by molar-refractivity contribution is 5.87. The third kappa shape index (κ3) is 5.27. The number of anilines is 3. The van der Waals surface area contributed by atoms with E-state index in [9.17, 15) is 4.79 Å².